The maximum absolute atomic E-state index is 11.8. The predicted molar refractivity (Wildman–Crippen MR) is 61.6 cm³/mol. The first-order valence-corrected chi connectivity index (χ1v) is 5.46. The largest absolute Gasteiger partial charge is 0.369 e. The van der Waals surface area contributed by atoms with Gasteiger partial charge in [-0.15, -0.1) is 0 Å². The lowest BCUT2D eigenvalue weighted by atomic mass is 10.1. The van der Waals surface area contributed by atoms with Gasteiger partial charge in [0.25, 0.3) is 5.91 Å². The second kappa shape index (κ2) is 6.80. The number of carbonyl (C=O) groups is 1. The molecule has 15 heavy (non-hydrogen) atoms. The second-order valence-corrected chi connectivity index (χ2v) is 4.29. The summed E-state index contributed by atoms with van der Waals surface area (Å²) in [5.41, 5.74) is 4.68. The van der Waals surface area contributed by atoms with Crippen LogP contribution in [0.2, 0.25) is 0 Å². The van der Waals surface area contributed by atoms with Crippen LogP contribution in [-0.2, 0) is 9.53 Å². The van der Waals surface area contributed by atoms with E-state index < -0.39 is 5.60 Å². The molecule has 1 amide bonds. The fourth-order valence-electron chi connectivity index (χ4n) is 1.32. The molecule has 0 aliphatic heterocycles. The molecule has 0 aliphatic rings. The molecule has 4 heteroatoms. The average molecular weight is 216 g/mol. The molecule has 0 saturated heterocycles. The monoisotopic (exact) mass is 216 g/mol. The Morgan fingerprint density at radius 1 is 1.33 bits per heavy atom. The maximum atomic E-state index is 11.8. The number of hydrogen-bond acceptors (Lipinski definition) is 3. The smallest absolute Gasteiger partial charge is 0.253 e. The van der Waals surface area contributed by atoms with Gasteiger partial charge in [-0.3, -0.25) is 4.79 Å². The summed E-state index contributed by atoms with van der Waals surface area (Å²) >= 11 is 0. The van der Waals surface area contributed by atoms with Crippen molar-refractivity contribution in [1.29, 1.82) is 0 Å². The number of likely N-dealkylation sites (N-methyl/N-ethyl adjacent to an activating group) is 1. The Morgan fingerprint density at radius 3 is 2.40 bits per heavy atom. The summed E-state index contributed by atoms with van der Waals surface area (Å²) in [5, 5.41) is 0. The highest BCUT2D eigenvalue weighted by molar-refractivity contribution is 5.84. The van der Waals surface area contributed by atoms with Gasteiger partial charge in [0.15, 0.2) is 0 Å². The van der Waals surface area contributed by atoms with E-state index in [1.165, 1.54) is 0 Å². The molecular formula is C11H24N2O2. The van der Waals surface area contributed by atoms with Gasteiger partial charge in [-0.2, -0.15) is 0 Å². The quantitative estimate of drug-likeness (QED) is 0.646. The van der Waals surface area contributed by atoms with Crippen LogP contribution in [-0.4, -0.2) is 43.7 Å². The van der Waals surface area contributed by atoms with Gasteiger partial charge in [-0.05, 0) is 33.2 Å². The molecule has 0 spiro atoms. The molecule has 0 saturated carbocycles. The number of methoxy groups -OCH3 is 1. The highest BCUT2D eigenvalue weighted by Gasteiger charge is 2.29. The molecule has 0 aromatic carbocycles. The normalized spacial score (nSPS) is 11.5. The number of nitrogens with zero attached hydrogens (tertiary/aromatic N) is 1. The van der Waals surface area contributed by atoms with Gasteiger partial charge in [-0.1, -0.05) is 6.42 Å². The number of nitrogens with two attached hydrogens (primary N) is 1. The van der Waals surface area contributed by atoms with E-state index in [1.54, 1.807) is 25.9 Å². The zero-order chi connectivity index (χ0) is 11.9. The van der Waals surface area contributed by atoms with E-state index in [2.05, 4.69) is 0 Å². The summed E-state index contributed by atoms with van der Waals surface area (Å²) in [7, 11) is 3.37. The third-order valence-electron chi connectivity index (χ3n) is 2.57. The maximum Gasteiger partial charge on any atom is 0.253 e. The van der Waals surface area contributed by atoms with Crippen molar-refractivity contribution in [2.75, 3.05) is 27.2 Å². The molecule has 0 aliphatic carbocycles. The highest BCUT2D eigenvalue weighted by Crippen LogP contribution is 2.11. The Hall–Kier alpha value is -0.610. The molecule has 0 atom stereocenters. The number of ether oxygens (including phenoxy) is 1. The van der Waals surface area contributed by atoms with Crippen LogP contribution in [0.4, 0.5) is 0 Å². The Bertz CT molecular complexity index is 193. The van der Waals surface area contributed by atoms with Gasteiger partial charge in [0.05, 0.1) is 0 Å². The van der Waals surface area contributed by atoms with Gasteiger partial charge in [0.2, 0.25) is 0 Å². The van der Waals surface area contributed by atoms with E-state index in [-0.39, 0.29) is 5.91 Å². The summed E-state index contributed by atoms with van der Waals surface area (Å²) in [6, 6.07) is 0. The van der Waals surface area contributed by atoms with Crippen molar-refractivity contribution >= 4 is 5.91 Å². The van der Waals surface area contributed by atoms with Crippen molar-refractivity contribution in [2.24, 2.45) is 5.73 Å². The fourth-order valence-corrected chi connectivity index (χ4v) is 1.32. The van der Waals surface area contributed by atoms with Gasteiger partial charge < -0.3 is 15.4 Å². The minimum absolute atomic E-state index is 0.0257. The van der Waals surface area contributed by atoms with Crippen LogP contribution >= 0.6 is 0 Å². The molecular weight excluding hydrogens is 192 g/mol. The van der Waals surface area contributed by atoms with Gasteiger partial charge >= 0.3 is 0 Å². The number of amides is 1. The topological polar surface area (TPSA) is 55.6 Å². The van der Waals surface area contributed by atoms with Crippen LogP contribution in [0.25, 0.3) is 0 Å². The summed E-state index contributed by atoms with van der Waals surface area (Å²) in [5.74, 6) is 0.0257. The Kier molecular flexibility index (Phi) is 6.52. The van der Waals surface area contributed by atoms with Crippen LogP contribution in [0.5, 0.6) is 0 Å². The SMILES string of the molecule is COC(C)(C)C(=O)N(C)CCCCCN. The van der Waals surface area contributed by atoms with E-state index in [4.69, 9.17) is 10.5 Å². The lowest BCUT2D eigenvalue weighted by Gasteiger charge is -2.28. The van der Waals surface area contributed by atoms with Gasteiger partial charge in [0, 0.05) is 20.7 Å². The fraction of sp³-hybridized carbons (Fsp3) is 0.909. The molecule has 0 radical (unpaired) electrons. The first-order valence-electron chi connectivity index (χ1n) is 5.46. The third-order valence-corrected chi connectivity index (χ3v) is 2.57. The van der Waals surface area contributed by atoms with E-state index in [0.29, 0.717) is 0 Å². The van der Waals surface area contributed by atoms with E-state index in [0.717, 1.165) is 32.4 Å². The molecule has 0 bridgehead atoms. The summed E-state index contributed by atoms with van der Waals surface area (Å²) < 4.78 is 5.14. The first-order chi connectivity index (χ1) is 6.95. The number of rotatable bonds is 7. The van der Waals surface area contributed by atoms with E-state index >= 15 is 0 Å². The van der Waals surface area contributed by atoms with Crippen molar-refractivity contribution < 1.29 is 9.53 Å². The minimum Gasteiger partial charge on any atom is -0.369 e. The molecule has 0 aromatic rings. The highest BCUT2D eigenvalue weighted by atomic mass is 16.5. The summed E-state index contributed by atoms with van der Waals surface area (Å²) in [4.78, 5) is 13.6. The molecule has 0 rings (SSSR count). The van der Waals surface area contributed by atoms with Crippen LogP contribution < -0.4 is 5.73 Å². The molecule has 0 fully saturated rings. The molecule has 2 N–H and O–H groups in total. The van der Waals surface area contributed by atoms with E-state index in [9.17, 15) is 4.79 Å². The van der Waals surface area contributed by atoms with Crippen molar-refractivity contribution in [3.05, 3.63) is 0 Å². The first kappa shape index (κ1) is 14.4. The molecule has 0 aromatic heterocycles. The second-order valence-electron chi connectivity index (χ2n) is 4.29. The van der Waals surface area contributed by atoms with Crippen LogP contribution in [0.3, 0.4) is 0 Å². The lowest BCUT2D eigenvalue weighted by Crippen LogP contribution is -2.44. The zero-order valence-corrected chi connectivity index (χ0v) is 10.4. The standard InChI is InChI=1S/C11H24N2O2/c1-11(2,15-4)10(14)13(3)9-7-5-6-8-12/h5-9,12H2,1-4H3. The predicted octanol–water partition coefficient (Wildman–Crippen LogP) is 0.999. The number of hydrogen-bond donors (Lipinski definition) is 1. The molecule has 4 nitrogen and oxygen atoms in total. The zero-order valence-electron chi connectivity index (χ0n) is 10.4. The number of unbranched alkanes of at least 4 members (excludes halogenated alkanes) is 2. The van der Waals surface area contributed by atoms with Crippen molar-refractivity contribution in [1.82, 2.24) is 4.90 Å². The van der Waals surface area contributed by atoms with Crippen LogP contribution in [0.15, 0.2) is 0 Å². The summed E-state index contributed by atoms with van der Waals surface area (Å²) in [6.45, 7) is 5.06. The van der Waals surface area contributed by atoms with Crippen molar-refractivity contribution in [3.8, 4) is 0 Å². The summed E-state index contributed by atoms with van der Waals surface area (Å²) in [6.07, 6.45) is 3.09. The Balaban J connectivity index is 3.89. The minimum atomic E-state index is -0.720. The van der Waals surface area contributed by atoms with Gasteiger partial charge in [0.1, 0.15) is 5.60 Å². The third kappa shape index (κ3) is 5.14. The van der Waals surface area contributed by atoms with Gasteiger partial charge in [-0.25, -0.2) is 0 Å². The Labute approximate surface area is 92.8 Å². The average Bonchev–Trinajstić information content (AvgIpc) is 2.23. The van der Waals surface area contributed by atoms with Crippen molar-refractivity contribution in [3.63, 3.8) is 0 Å². The van der Waals surface area contributed by atoms with Crippen LogP contribution in [0, 0.1) is 0 Å². The number of carbonyl (C=O) groups excluding carboxylic acids is 1. The van der Waals surface area contributed by atoms with E-state index in [1.807, 2.05) is 7.05 Å². The molecule has 90 valence electrons. The lowest BCUT2D eigenvalue weighted by molar-refractivity contribution is -0.149. The molecule has 0 heterocycles. The van der Waals surface area contributed by atoms with Crippen molar-refractivity contribution in [2.45, 2.75) is 38.7 Å². The molecule has 0 unspecified atom stereocenters. The van der Waals surface area contributed by atoms with Crippen LogP contribution in [0.1, 0.15) is 33.1 Å². The Morgan fingerprint density at radius 2 is 1.93 bits per heavy atom.